The minimum absolute atomic E-state index is 0.146. The third-order valence-corrected chi connectivity index (χ3v) is 6.82. The molecule has 12 heteroatoms. The number of halogens is 5. The van der Waals surface area contributed by atoms with Crippen molar-refractivity contribution in [1.29, 1.82) is 0 Å². The summed E-state index contributed by atoms with van der Waals surface area (Å²) in [5.41, 5.74) is -1.48. The van der Waals surface area contributed by atoms with Crippen molar-refractivity contribution >= 4 is 23.3 Å². The van der Waals surface area contributed by atoms with E-state index in [4.69, 9.17) is 9.15 Å². The van der Waals surface area contributed by atoms with E-state index in [1.807, 2.05) is 13.8 Å². The number of hydrogen-bond acceptors (Lipinski definition) is 6. The molecule has 198 valence electrons. The summed E-state index contributed by atoms with van der Waals surface area (Å²) < 4.78 is 79.9. The van der Waals surface area contributed by atoms with Crippen LogP contribution in [0.3, 0.4) is 0 Å². The Morgan fingerprint density at radius 3 is 2.47 bits per heavy atom. The molecule has 3 heterocycles. The summed E-state index contributed by atoms with van der Waals surface area (Å²) in [4.78, 5) is 20.0. The zero-order chi connectivity index (χ0) is 26.3. The number of rotatable bonds is 7. The molecule has 0 aliphatic carbocycles. The maximum absolute atomic E-state index is 14.8. The monoisotopic (exact) mass is 516 g/mol. The van der Waals surface area contributed by atoms with E-state index in [0.717, 1.165) is 25.0 Å². The molecule has 2 aromatic rings. The molecule has 2 aliphatic heterocycles. The highest BCUT2D eigenvalue weighted by Gasteiger charge is 2.45. The number of carbonyl (C=O) groups excluding carboxylic acids is 1. The number of anilines is 3. The molecule has 1 unspecified atom stereocenters. The summed E-state index contributed by atoms with van der Waals surface area (Å²) in [6, 6.07) is 1.75. The summed E-state index contributed by atoms with van der Waals surface area (Å²) in [5, 5.41) is 2.26. The van der Waals surface area contributed by atoms with Crippen molar-refractivity contribution in [3.05, 3.63) is 35.2 Å². The normalized spacial score (nSPS) is 19.8. The average Bonchev–Trinajstić information content (AvgIpc) is 3.15. The van der Waals surface area contributed by atoms with Gasteiger partial charge in [-0.1, -0.05) is 13.8 Å². The van der Waals surface area contributed by atoms with Crippen LogP contribution in [0.2, 0.25) is 0 Å². The fourth-order valence-corrected chi connectivity index (χ4v) is 4.76. The van der Waals surface area contributed by atoms with Crippen LogP contribution in [-0.2, 0) is 11.2 Å². The second-order valence-corrected chi connectivity index (χ2v) is 9.59. The van der Waals surface area contributed by atoms with E-state index in [9.17, 15) is 26.7 Å². The topological polar surface area (TPSA) is 70.8 Å². The van der Waals surface area contributed by atoms with E-state index >= 15 is 0 Å². The van der Waals surface area contributed by atoms with E-state index < -0.39 is 47.2 Å². The summed E-state index contributed by atoms with van der Waals surface area (Å²) in [5.74, 6) is -3.19. The van der Waals surface area contributed by atoms with Crippen molar-refractivity contribution in [3.8, 4) is 0 Å². The van der Waals surface area contributed by atoms with Gasteiger partial charge in [-0.2, -0.15) is 18.2 Å². The second kappa shape index (κ2) is 9.87. The number of aromatic nitrogens is 1. The molecular weight excluding hydrogens is 487 g/mol. The number of methoxy groups -OCH3 is 1. The minimum Gasteiger partial charge on any atom is -0.427 e. The maximum atomic E-state index is 14.8. The number of amides is 1. The van der Waals surface area contributed by atoms with Crippen molar-refractivity contribution in [3.63, 3.8) is 0 Å². The number of carbonyl (C=O) groups is 1. The van der Waals surface area contributed by atoms with Crippen LogP contribution >= 0.6 is 0 Å². The van der Waals surface area contributed by atoms with Gasteiger partial charge in [0.05, 0.1) is 13.1 Å². The Morgan fingerprint density at radius 1 is 1.25 bits per heavy atom. The molecule has 1 aromatic carbocycles. The molecule has 0 spiro atoms. The largest absolute Gasteiger partial charge is 0.427 e. The van der Waals surface area contributed by atoms with Gasteiger partial charge < -0.3 is 24.3 Å². The Kier molecular flexibility index (Phi) is 7.18. The van der Waals surface area contributed by atoms with Crippen LogP contribution in [0.5, 0.6) is 0 Å². The Morgan fingerprint density at radius 2 is 1.92 bits per heavy atom. The summed E-state index contributed by atoms with van der Waals surface area (Å²) in [6.45, 7) is 5.59. The molecule has 2 saturated heterocycles. The van der Waals surface area contributed by atoms with Gasteiger partial charge in [-0.3, -0.25) is 4.79 Å². The number of nitrogens with zero attached hydrogens (tertiary/aromatic N) is 3. The summed E-state index contributed by atoms with van der Waals surface area (Å²) in [6.07, 6.45) is -3.74. The van der Waals surface area contributed by atoms with Gasteiger partial charge >= 0.3 is 6.18 Å². The third kappa shape index (κ3) is 5.42. The van der Waals surface area contributed by atoms with E-state index in [2.05, 4.69) is 10.3 Å². The van der Waals surface area contributed by atoms with Gasteiger partial charge in [0.1, 0.15) is 23.5 Å². The molecule has 1 atom stereocenters. The Balaban J connectivity index is 1.56. The van der Waals surface area contributed by atoms with Crippen molar-refractivity contribution in [2.45, 2.75) is 51.3 Å². The van der Waals surface area contributed by atoms with Crippen molar-refractivity contribution < 1.29 is 35.9 Å². The first-order valence-corrected chi connectivity index (χ1v) is 11.9. The summed E-state index contributed by atoms with van der Waals surface area (Å²) in [7, 11) is 1.54. The average molecular weight is 517 g/mol. The number of ether oxygens (including phenoxy) is 1. The van der Waals surface area contributed by atoms with Gasteiger partial charge in [-0.05, 0) is 37.3 Å². The number of oxazole rings is 1. The number of piperidine rings is 1. The van der Waals surface area contributed by atoms with Gasteiger partial charge in [0, 0.05) is 25.9 Å². The first-order chi connectivity index (χ1) is 16.9. The van der Waals surface area contributed by atoms with Crippen LogP contribution in [0.4, 0.5) is 39.3 Å². The molecule has 1 aromatic heterocycles. The zero-order valence-electron chi connectivity index (χ0n) is 20.3. The highest BCUT2D eigenvalue weighted by atomic mass is 19.4. The minimum atomic E-state index is -4.66. The Labute approximate surface area is 205 Å². The van der Waals surface area contributed by atoms with Crippen molar-refractivity contribution in [2.75, 3.05) is 48.4 Å². The van der Waals surface area contributed by atoms with Gasteiger partial charge in [0.15, 0.2) is 17.3 Å². The molecule has 0 bridgehead atoms. The highest BCUT2D eigenvalue weighted by Crippen LogP contribution is 2.35. The molecule has 36 heavy (non-hydrogen) atoms. The third-order valence-electron chi connectivity index (χ3n) is 6.82. The SMILES string of the molecule is CCC1(OC)CN(c2nc(C(=O)Nc3cc(F)c(N4CCCC(C)C4)c(F)c3)c(CC(F)(F)F)o2)C1. The lowest BCUT2D eigenvalue weighted by Crippen LogP contribution is -2.62. The molecule has 1 N–H and O–H groups in total. The molecule has 1 amide bonds. The molecule has 0 saturated carbocycles. The lowest BCUT2D eigenvalue weighted by atomic mass is 9.91. The second-order valence-electron chi connectivity index (χ2n) is 9.59. The molecular formula is C24H29F5N4O3. The van der Waals surface area contributed by atoms with Crippen LogP contribution in [0.15, 0.2) is 16.5 Å². The maximum Gasteiger partial charge on any atom is 0.396 e. The van der Waals surface area contributed by atoms with Gasteiger partial charge in [-0.25, -0.2) is 8.78 Å². The molecule has 7 nitrogen and oxygen atoms in total. The lowest BCUT2D eigenvalue weighted by molar-refractivity contribution is -0.130. The van der Waals surface area contributed by atoms with Crippen LogP contribution in [0.1, 0.15) is 49.4 Å². The van der Waals surface area contributed by atoms with Crippen LogP contribution < -0.4 is 15.1 Å². The highest BCUT2D eigenvalue weighted by molar-refractivity contribution is 6.04. The quantitative estimate of drug-likeness (QED) is 0.513. The van der Waals surface area contributed by atoms with Crippen LogP contribution in [-0.4, -0.2) is 56.0 Å². The predicted octanol–water partition coefficient (Wildman–Crippen LogP) is 5.16. The standard InChI is InChI=1S/C24H29F5N4O3/c1-4-23(35-3)12-33(13-23)22-31-19(18(36-22)10-24(27,28)29)21(34)30-15-8-16(25)20(17(26)9-15)32-7-5-6-14(2)11-32/h8-9,14H,4-7,10-13H2,1-3H3,(H,30,34). The van der Waals surface area contributed by atoms with Crippen LogP contribution in [0, 0.1) is 17.6 Å². The van der Waals surface area contributed by atoms with Gasteiger partial charge in [-0.15, -0.1) is 0 Å². The number of alkyl halides is 3. The van der Waals surface area contributed by atoms with E-state index in [1.54, 1.807) is 16.9 Å². The smallest absolute Gasteiger partial charge is 0.396 e. The summed E-state index contributed by atoms with van der Waals surface area (Å²) >= 11 is 0. The number of hydrogen-bond donors (Lipinski definition) is 1. The number of benzene rings is 1. The Bertz CT molecular complexity index is 1080. The van der Waals surface area contributed by atoms with Crippen LogP contribution in [0.25, 0.3) is 0 Å². The number of nitrogens with one attached hydrogen (secondary N) is 1. The molecule has 0 radical (unpaired) electrons. The van der Waals surface area contributed by atoms with Crippen molar-refractivity contribution in [2.24, 2.45) is 5.92 Å². The first-order valence-electron chi connectivity index (χ1n) is 11.9. The van der Waals surface area contributed by atoms with E-state index in [-0.39, 0.29) is 23.3 Å². The molecule has 4 rings (SSSR count). The van der Waals surface area contributed by atoms with Crippen molar-refractivity contribution in [1.82, 2.24) is 4.98 Å². The van der Waals surface area contributed by atoms with E-state index in [0.29, 0.717) is 32.6 Å². The first kappa shape index (κ1) is 26.2. The zero-order valence-corrected chi connectivity index (χ0v) is 20.3. The Hall–Kier alpha value is -2.89. The fraction of sp³-hybridized carbons (Fsp3) is 0.583. The van der Waals surface area contributed by atoms with E-state index in [1.165, 1.54) is 0 Å². The molecule has 2 fully saturated rings. The fourth-order valence-electron chi connectivity index (χ4n) is 4.76. The lowest BCUT2D eigenvalue weighted by Gasteiger charge is -2.47. The van der Waals surface area contributed by atoms with Gasteiger partial charge in [0.25, 0.3) is 11.9 Å². The predicted molar refractivity (Wildman–Crippen MR) is 123 cm³/mol. The molecule has 2 aliphatic rings. The van der Waals surface area contributed by atoms with Gasteiger partial charge in [0.2, 0.25) is 0 Å².